The van der Waals surface area contributed by atoms with E-state index < -0.39 is 0 Å². The second-order valence-electron chi connectivity index (χ2n) is 4.59. The largest absolute Gasteiger partial charge is 0.354 e. The highest BCUT2D eigenvalue weighted by Gasteiger charge is 2.15. The number of carbonyl (C=O) groups is 2. The Labute approximate surface area is 118 Å². The van der Waals surface area contributed by atoms with Gasteiger partial charge in [-0.1, -0.05) is 23.7 Å². The number of nitrogens with one attached hydrogen (secondary N) is 1. The molecule has 0 aliphatic carbocycles. The quantitative estimate of drug-likeness (QED) is 0.902. The topological polar surface area (TPSA) is 49.4 Å². The van der Waals surface area contributed by atoms with Crippen LogP contribution >= 0.6 is 11.6 Å². The minimum Gasteiger partial charge on any atom is -0.354 e. The Hall–Kier alpha value is -1.55. The normalized spacial score (nSPS) is 10.4. The number of benzene rings is 1. The highest BCUT2D eigenvalue weighted by Crippen LogP contribution is 2.25. The molecular weight excluding hydrogens is 264 g/mol. The lowest BCUT2D eigenvalue weighted by Gasteiger charge is -2.22. The van der Waals surface area contributed by atoms with E-state index >= 15 is 0 Å². The fourth-order valence-electron chi connectivity index (χ4n) is 1.73. The summed E-state index contributed by atoms with van der Waals surface area (Å²) in [6.45, 7) is 5.57. The second kappa shape index (κ2) is 7.14. The van der Waals surface area contributed by atoms with Crippen molar-refractivity contribution in [3.63, 3.8) is 0 Å². The van der Waals surface area contributed by atoms with Gasteiger partial charge >= 0.3 is 0 Å². The van der Waals surface area contributed by atoms with Crippen LogP contribution in [0.1, 0.15) is 27.2 Å². The molecule has 0 aliphatic heterocycles. The number of rotatable bonds is 5. The van der Waals surface area contributed by atoms with Crippen LogP contribution in [0.5, 0.6) is 0 Å². The van der Waals surface area contributed by atoms with E-state index in [1.54, 1.807) is 18.2 Å². The van der Waals surface area contributed by atoms with Gasteiger partial charge < -0.3 is 10.2 Å². The lowest BCUT2D eigenvalue weighted by Crippen LogP contribution is -2.36. The molecule has 0 radical (unpaired) electrons. The Morgan fingerprint density at radius 1 is 1.32 bits per heavy atom. The fourth-order valence-corrected chi connectivity index (χ4v) is 1.96. The molecule has 2 amide bonds. The van der Waals surface area contributed by atoms with Crippen molar-refractivity contribution < 1.29 is 9.59 Å². The van der Waals surface area contributed by atoms with Gasteiger partial charge in [-0.3, -0.25) is 9.59 Å². The number of nitrogens with zero attached hydrogens (tertiary/aromatic N) is 1. The number of halogens is 1. The van der Waals surface area contributed by atoms with Crippen molar-refractivity contribution in [1.82, 2.24) is 5.32 Å². The van der Waals surface area contributed by atoms with Crippen LogP contribution in [0.25, 0.3) is 0 Å². The molecule has 0 unspecified atom stereocenters. The monoisotopic (exact) mass is 282 g/mol. The van der Waals surface area contributed by atoms with Crippen LogP contribution in [0, 0.1) is 0 Å². The van der Waals surface area contributed by atoms with Crippen molar-refractivity contribution in [2.24, 2.45) is 0 Å². The third kappa shape index (κ3) is 4.91. The molecule has 0 saturated heterocycles. The highest BCUT2D eigenvalue weighted by atomic mass is 35.5. The smallest absolute Gasteiger partial charge is 0.223 e. The van der Waals surface area contributed by atoms with Crippen LogP contribution in [0.4, 0.5) is 5.69 Å². The van der Waals surface area contributed by atoms with E-state index in [1.807, 2.05) is 19.9 Å². The molecule has 1 aromatic rings. The van der Waals surface area contributed by atoms with Crippen LogP contribution in [-0.2, 0) is 9.59 Å². The van der Waals surface area contributed by atoms with Gasteiger partial charge in [0.25, 0.3) is 0 Å². The predicted molar refractivity (Wildman–Crippen MR) is 77.4 cm³/mol. The van der Waals surface area contributed by atoms with E-state index in [-0.39, 0.29) is 24.3 Å². The summed E-state index contributed by atoms with van der Waals surface area (Å²) in [5.41, 5.74) is 0.633. The minimum absolute atomic E-state index is 0.0756. The maximum absolute atomic E-state index is 11.7. The zero-order valence-electron chi connectivity index (χ0n) is 11.4. The summed E-state index contributed by atoms with van der Waals surface area (Å²) < 4.78 is 0. The standard InChI is InChI=1S/C14H19ClN2O2/c1-10(2)16-14(19)8-9-17(11(3)18)13-7-5-4-6-12(13)15/h4-7,10H,8-9H2,1-3H3,(H,16,19). The van der Waals surface area contributed by atoms with Gasteiger partial charge in [0.2, 0.25) is 11.8 Å². The first kappa shape index (κ1) is 15.5. The lowest BCUT2D eigenvalue weighted by molar-refractivity contribution is -0.121. The average Bonchev–Trinajstić information content (AvgIpc) is 2.30. The van der Waals surface area contributed by atoms with Crippen LogP contribution < -0.4 is 10.2 Å². The molecule has 0 atom stereocenters. The molecule has 104 valence electrons. The Bertz CT molecular complexity index is 461. The third-order valence-electron chi connectivity index (χ3n) is 2.54. The molecule has 0 saturated carbocycles. The zero-order valence-corrected chi connectivity index (χ0v) is 12.2. The van der Waals surface area contributed by atoms with Gasteiger partial charge in [0, 0.05) is 25.9 Å². The Morgan fingerprint density at radius 2 is 1.95 bits per heavy atom. The first-order chi connectivity index (χ1) is 8.91. The Morgan fingerprint density at radius 3 is 2.47 bits per heavy atom. The predicted octanol–water partition coefficient (Wildman–Crippen LogP) is 2.61. The number of amides is 2. The SMILES string of the molecule is CC(=O)N(CCC(=O)NC(C)C)c1ccccc1Cl. The summed E-state index contributed by atoms with van der Waals surface area (Å²) in [7, 11) is 0. The lowest BCUT2D eigenvalue weighted by atomic mass is 10.2. The van der Waals surface area contributed by atoms with Crippen molar-refractivity contribution >= 4 is 29.1 Å². The van der Waals surface area contributed by atoms with Crippen LogP contribution in [0.3, 0.4) is 0 Å². The molecule has 0 fully saturated rings. The maximum Gasteiger partial charge on any atom is 0.223 e. The average molecular weight is 283 g/mol. The summed E-state index contributed by atoms with van der Waals surface area (Å²) in [5, 5.41) is 3.30. The summed E-state index contributed by atoms with van der Waals surface area (Å²) >= 11 is 6.07. The molecule has 0 aliphatic rings. The van der Waals surface area contributed by atoms with E-state index in [4.69, 9.17) is 11.6 Å². The van der Waals surface area contributed by atoms with Gasteiger partial charge in [-0.25, -0.2) is 0 Å². The van der Waals surface area contributed by atoms with Crippen molar-refractivity contribution in [3.05, 3.63) is 29.3 Å². The van der Waals surface area contributed by atoms with Crippen molar-refractivity contribution in [1.29, 1.82) is 0 Å². The molecule has 0 aromatic heterocycles. The van der Waals surface area contributed by atoms with Crippen molar-refractivity contribution in [3.8, 4) is 0 Å². The fraction of sp³-hybridized carbons (Fsp3) is 0.429. The van der Waals surface area contributed by atoms with E-state index in [2.05, 4.69) is 5.32 Å². The molecule has 0 spiro atoms. The molecule has 0 heterocycles. The number of hydrogen-bond acceptors (Lipinski definition) is 2. The van der Waals surface area contributed by atoms with Crippen LogP contribution in [0.15, 0.2) is 24.3 Å². The molecule has 5 heteroatoms. The number of anilines is 1. The Balaban J connectivity index is 2.73. The molecule has 0 bridgehead atoms. The molecular formula is C14H19ClN2O2. The van der Waals surface area contributed by atoms with Gasteiger partial charge in [0.05, 0.1) is 10.7 Å². The van der Waals surface area contributed by atoms with E-state index in [0.29, 0.717) is 17.3 Å². The summed E-state index contributed by atoms with van der Waals surface area (Å²) in [6, 6.07) is 7.20. The maximum atomic E-state index is 11.7. The molecule has 1 aromatic carbocycles. The molecule has 1 N–H and O–H groups in total. The van der Waals surface area contributed by atoms with E-state index in [9.17, 15) is 9.59 Å². The first-order valence-electron chi connectivity index (χ1n) is 6.23. The number of hydrogen-bond donors (Lipinski definition) is 1. The number of para-hydroxylation sites is 1. The summed E-state index contributed by atoms with van der Waals surface area (Å²) in [5.74, 6) is -0.209. The van der Waals surface area contributed by atoms with E-state index in [1.165, 1.54) is 11.8 Å². The summed E-state index contributed by atoms with van der Waals surface area (Å²) in [4.78, 5) is 24.8. The minimum atomic E-state index is -0.134. The van der Waals surface area contributed by atoms with E-state index in [0.717, 1.165) is 0 Å². The second-order valence-corrected chi connectivity index (χ2v) is 5.00. The van der Waals surface area contributed by atoms with Gasteiger partial charge in [-0.2, -0.15) is 0 Å². The molecule has 4 nitrogen and oxygen atoms in total. The third-order valence-corrected chi connectivity index (χ3v) is 2.86. The molecule has 19 heavy (non-hydrogen) atoms. The van der Waals surface area contributed by atoms with Gasteiger partial charge in [-0.15, -0.1) is 0 Å². The van der Waals surface area contributed by atoms with Crippen molar-refractivity contribution in [2.45, 2.75) is 33.2 Å². The van der Waals surface area contributed by atoms with Gasteiger partial charge in [0.1, 0.15) is 0 Å². The highest BCUT2D eigenvalue weighted by molar-refractivity contribution is 6.33. The number of carbonyl (C=O) groups excluding carboxylic acids is 2. The van der Waals surface area contributed by atoms with Crippen LogP contribution in [-0.4, -0.2) is 24.4 Å². The summed E-state index contributed by atoms with van der Waals surface area (Å²) in [6.07, 6.45) is 0.253. The zero-order chi connectivity index (χ0) is 14.4. The van der Waals surface area contributed by atoms with Crippen LogP contribution in [0.2, 0.25) is 5.02 Å². The van der Waals surface area contributed by atoms with Gasteiger partial charge in [0.15, 0.2) is 0 Å². The van der Waals surface area contributed by atoms with Gasteiger partial charge in [-0.05, 0) is 26.0 Å². The van der Waals surface area contributed by atoms with Crippen molar-refractivity contribution in [2.75, 3.05) is 11.4 Å². The Kier molecular flexibility index (Phi) is 5.83. The first-order valence-corrected chi connectivity index (χ1v) is 6.61. The molecule has 1 rings (SSSR count).